The van der Waals surface area contributed by atoms with Crippen LogP contribution in [0.2, 0.25) is 0 Å². The van der Waals surface area contributed by atoms with E-state index in [0.29, 0.717) is 17.3 Å². The second-order valence-electron chi connectivity index (χ2n) is 5.24. The third-order valence-corrected chi connectivity index (χ3v) is 3.44. The standard InChI is InChI=1S/C13H18N2O/c1-8-9(5-4-6-10(8)14)12(16)15-11-7-13(11,2)3/h4-6,11H,7,14H2,1-3H3,(H,15,16). The number of anilines is 1. The van der Waals surface area contributed by atoms with Crippen LogP contribution in [0.25, 0.3) is 0 Å². The van der Waals surface area contributed by atoms with Crippen LogP contribution in [0.15, 0.2) is 18.2 Å². The third-order valence-electron chi connectivity index (χ3n) is 3.44. The maximum absolute atomic E-state index is 12.0. The van der Waals surface area contributed by atoms with Crippen LogP contribution >= 0.6 is 0 Å². The zero-order valence-electron chi connectivity index (χ0n) is 10.0. The van der Waals surface area contributed by atoms with E-state index in [1.807, 2.05) is 25.1 Å². The number of hydrogen-bond acceptors (Lipinski definition) is 2. The van der Waals surface area contributed by atoms with Crippen LogP contribution in [-0.4, -0.2) is 11.9 Å². The van der Waals surface area contributed by atoms with E-state index in [2.05, 4.69) is 19.2 Å². The highest BCUT2D eigenvalue weighted by Crippen LogP contribution is 2.44. The average Bonchev–Trinajstić information content (AvgIpc) is 2.78. The van der Waals surface area contributed by atoms with Gasteiger partial charge < -0.3 is 11.1 Å². The molecule has 3 nitrogen and oxygen atoms in total. The lowest BCUT2D eigenvalue weighted by molar-refractivity contribution is 0.0946. The number of nitrogens with two attached hydrogens (primary N) is 1. The van der Waals surface area contributed by atoms with E-state index in [1.165, 1.54) is 0 Å². The van der Waals surface area contributed by atoms with Crippen molar-refractivity contribution in [2.45, 2.75) is 33.2 Å². The zero-order chi connectivity index (χ0) is 11.9. The highest BCUT2D eigenvalue weighted by atomic mass is 16.1. The van der Waals surface area contributed by atoms with Crippen molar-refractivity contribution < 1.29 is 4.79 Å². The Labute approximate surface area is 96.0 Å². The molecule has 1 aliphatic rings. The number of amides is 1. The molecular weight excluding hydrogens is 200 g/mol. The van der Waals surface area contributed by atoms with Crippen LogP contribution in [0.1, 0.15) is 36.2 Å². The molecule has 2 rings (SSSR count). The van der Waals surface area contributed by atoms with E-state index < -0.39 is 0 Å². The Kier molecular flexibility index (Phi) is 2.41. The van der Waals surface area contributed by atoms with Crippen molar-refractivity contribution in [2.24, 2.45) is 5.41 Å². The smallest absolute Gasteiger partial charge is 0.251 e. The molecule has 0 radical (unpaired) electrons. The Bertz CT molecular complexity index is 438. The van der Waals surface area contributed by atoms with E-state index in [4.69, 9.17) is 5.73 Å². The molecule has 1 fully saturated rings. The van der Waals surface area contributed by atoms with Gasteiger partial charge in [-0.3, -0.25) is 4.79 Å². The molecule has 86 valence electrons. The van der Waals surface area contributed by atoms with E-state index >= 15 is 0 Å². The number of hydrogen-bond donors (Lipinski definition) is 2. The average molecular weight is 218 g/mol. The minimum Gasteiger partial charge on any atom is -0.398 e. The minimum absolute atomic E-state index is 0.0135. The topological polar surface area (TPSA) is 55.1 Å². The van der Waals surface area contributed by atoms with Gasteiger partial charge in [-0.15, -0.1) is 0 Å². The summed E-state index contributed by atoms with van der Waals surface area (Å²) in [5, 5.41) is 3.03. The van der Waals surface area contributed by atoms with Crippen molar-refractivity contribution in [3.05, 3.63) is 29.3 Å². The third kappa shape index (κ3) is 1.90. The molecule has 3 N–H and O–H groups in total. The largest absolute Gasteiger partial charge is 0.398 e. The summed E-state index contributed by atoms with van der Waals surface area (Å²) in [7, 11) is 0. The summed E-state index contributed by atoms with van der Waals surface area (Å²) < 4.78 is 0. The van der Waals surface area contributed by atoms with Crippen LogP contribution in [0.4, 0.5) is 5.69 Å². The lowest BCUT2D eigenvalue weighted by Crippen LogP contribution is -2.29. The quantitative estimate of drug-likeness (QED) is 0.747. The first-order chi connectivity index (χ1) is 7.42. The number of benzene rings is 1. The second-order valence-corrected chi connectivity index (χ2v) is 5.24. The van der Waals surface area contributed by atoms with Crippen LogP contribution < -0.4 is 11.1 Å². The Morgan fingerprint density at radius 1 is 1.50 bits per heavy atom. The molecule has 1 aliphatic carbocycles. The van der Waals surface area contributed by atoms with Gasteiger partial charge in [0.25, 0.3) is 5.91 Å². The molecule has 0 bridgehead atoms. The zero-order valence-corrected chi connectivity index (χ0v) is 10.0. The first kappa shape index (κ1) is 11.0. The summed E-state index contributed by atoms with van der Waals surface area (Å²) >= 11 is 0. The Balaban J connectivity index is 2.13. The molecular formula is C13H18N2O. The predicted octanol–water partition coefficient (Wildman–Crippen LogP) is 2.11. The fourth-order valence-corrected chi connectivity index (χ4v) is 1.85. The predicted molar refractivity (Wildman–Crippen MR) is 65.2 cm³/mol. The van der Waals surface area contributed by atoms with Crippen molar-refractivity contribution in [2.75, 3.05) is 5.73 Å². The normalized spacial score (nSPS) is 21.6. The molecule has 0 heterocycles. The fraction of sp³-hybridized carbons (Fsp3) is 0.462. The summed E-state index contributed by atoms with van der Waals surface area (Å²) in [4.78, 5) is 12.0. The molecule has 1 aromatic rings. The van der Waals surface area contributed by atoms with Crippen LogP contribution in [0.5, 0.6) is 0 Å². The van der Waals surface area contributed by atoms with E-state index in [9.17, 15) is 4.79 Å². The molecule has 0 aliphatic heterocycles. The number of nitrogen functional groups attached to an aromatic ring is 1. The lowest BCUT2D eigenvalue weighted by atomic mass is 10.1. The molecule has 0 aromatic heterocycles. The van der Waals surface area contributed by atoms with E-state index in [-0.39, 0.29) is 11.3 Å². The second kappa shape index (κ2) is 3.51. The maximum atomic E-state index is 12.0. The maximum Gasteiger partial charge on any atom is 0.251 e. The highest BCUT2D eigenvalue weighted by Gasteiger charge is 2.46. The number of nitrogens with one attached hydrogen (secondary N) is 1. The molecule has 1 aromatic carbocycles. The van der Waals surface area contributed by atoms with Crippen molar-refractivity contribution in [3.63, 3.8) is 0 Å². The molecule has 16 heavy (non-hydrogen) atoms. The molecule has 1 amide bonds. The molecule has 1 atom stereocenters. The van der Waals surface area contributed by atoms with E-state index in [0.717, 1.165) is 12.0 Å². The van der Waals surface area contributed by atoms with Crippen LogP contribution in [0.3, 0.4) is 0 Å². The van der Waals surface area contributed by atoms with Crippen molar-refractivity contribution in [1.82, 2.24) is 5.32 Å². The Morgan fingerprint density at radius 2 is 2.12 bits per heavy atom. The molecule has 1 unspecified atom stereocenters. The summed E-state index contributed by atoms with van der Waals surface area (Å²) in [6.45, 7) is 6.19. The summed E-state index contributed by atoms with van der Waals surface area (Å²) in [5.74, 6) is -0.0135. The Morgan fingerprint density at radius 3 is 2.69 bits per heavy atom. The molecule has 0 saturated heterocycles. The van der Waals surface area contributed by atoms with Crippen LogP contribution in [-0.2, 0) is 0 Å². The fourth-order valence-electron chi connectivity index (χ4n) is 1.85. The minimum atomic E-state index is -0.0135. The monoisotopic (exact) mass is 218 g/mol. The van der Waals surface area contributed by atoms with Gasteiger partial charge in [0.05, 0.1) is 0 Å². The molecule has 3 heteroatoms. The SMILES string of the molecule is Cc1c(N)cccc1C(=O)NC1CC1(C)C. The summed E-state index contributed by atoms with van der Waals surface area (Å²) in [6, 6.07) is 5.75. The van der Waals surface area contributed by atoms with Gasteiger partial charge in [-0.2, -0.15) is 0 Å². The number of carbonyl (C=O) groups excluding carboxylic acids is 1. The lowest BCUT2D eigenvalue weighted by Gasteiger charge is -2.10. The van der Waals surface area contributed by atoms with Crippen molar-refractivity contribution in [1.29, 1.82) is 0 Å². The van der Waals surface area contributed by atoms with Gasteiger partial charge >= 0.3 is 0 Å². The van der Waals surface area contributed by atoms with Crippen molar-refractivity contribution >= 4 is 11.6 Å². The summed E-state index contributed by atoms with van der Waals surface area (Å²) in [6.07, 6.45) is 1.06. The van der Waals surface area contributed by atoms with Gasteiger partial charge in [-0.1, -0.05) is 19.9 Å². The number of rotatable bonds is 2. The van der Waals surface area contributed by atoms with Gasteiger partial charge in [0.1, 0.15) is 0 Å². The van der Waals surface area contributed by atoms with Gasteiger partial charge in [-0.05, 0) is 36.5 Å². The molecule has 0 spiro atoms. The van der Waals surface area contributed by atoms with Crippen LogP contribution in [0, 0.1) is 12.3 Å². The van der Waals surface area contributed by atoms with Gasteiger partial charge in [-0.25, -0.2) is 0 Å². The van der Waals surface area contributed by atoms with Gasteiger partial charge in [0.2, 0.25) is 0 Å². The first-order valence-electron chi connectivity index (χ1n) is 5.58. The Hall–Kier alpha value is -1.51. The first-order valence-corrected chi connectivity index (χ1v) is 5.58. The van der Waals surface area contributed by atoms with Crippen molar-refractivity contribution in [3.8, 4) is 0 Å². The highest BCUT2D eigenvalue weighted by molar-refractivity contribution is 5.97. The van der Waals surface area contributed by atoms with Gasteiger partial charge in [0, 0.05) is 17.3 Å². The van der Waals surface area contributed by atoms with Gasteiger partial charge in [0.15, 0.2) is 0 Å². The molecule has 1 saturated carbocycles. The van der Waals surface area contributed by atoms with E-state index in [1.54, 1.807) is 0 Å². The number of carbonyl (C=O) groups is 1. The summed E-state index contributed by atoms with van der Waals surface area (Å²) in [5.41, 5.74) is 8.24.